The summed E-state index contributed by atoms with van der Waals surface area (Å²) < 4.78 is 56.7. The fourth-order valence-electron chi connectivity index (χ4n) is 2.24. The molecule has 3 nitrogen and oxygen atoms in total. The summed E-state index contributed by atoms with van der Waals surface area (Å²) in [5.41, 5.74) is 0. The number of aryl methyl sites for hydroxylation is 1. The van der Waals surface area contributed by atoms with Crippen LogP contribution in [0.2, 0.25) is 0 Å². The van der Waals surface area contributed by atoms with Crippen molar-refractivity contribution in [3.8, 4) is 5.88 Å². The van der Waals surface area contributed by atoms with Gasteiger partial charge in [0, 0.05) is 0 Å². The first-order valence-corrected chi connectivity index (χ1v) is 6.99. The molecule has 1 heterocycles. The van der Waals surface area contributed by atoms with E-state index in [0.29, 0.717) is 5.82 Å². The van der Waals surface area contributed by atoms with Crippen molar-refractivity contribution in [2.75, 3.05) is 0 Å². The second kappa shape index (κ2) is 5.83. The van der Waals surface area contributed by atoms with Gasteiger partial charge in [-0.05, 0) is 48.5 Å². The highest BCUT2D eigenvalue weighted by molar-refractivity contribution is 9.10. The van der Waals surface area contributed by atoms with Gasteiger partial charge >= 0.3 is 6.18 Å². The minimum Gasteiger partial charge on any atom is -0.472 e. The highest BCUT2D eigenvalue weighted by atomic mass is 79.9. The molecule has 0 saturated heterocycles. The molecule has 8 heteroatoms. The summed E-state index contributed by atoms with van der Waals surface area (Å²) in [7, 11) is 0. The summed E-state index contributed by atoms with van der Waals surface area (Å²) in [6, 6.07) is 0. The fraction of sp³-hybridized carbons (Fsp3) is 0.667. The molecule has 0 atom stereocenters. The van der Waals surface area contributed by atoms with Crippen LogP contribution in [0.3, 0.4) is 0 Å². The van der Waals surface area contributed by atoms with E-state index in [1.165, 1.54) is 0 Å². The molecule has 0 aromatic carbocycles. The number of halogens is 5. The predicted molar refractivity (Wildman–Crippen MR) is 66.9 cm³/mol. The molecule has 0 aliphatic heterocycles. The summed E-state index contributed by atoms with van der Waals surface area (Å²) >= 11 is 2.94. The maximum atomic E-state index is 13.7. The van der Waals surface area contributed by atoms with E-state index in [1.807, 2.05) is 0 Å². The Hall–Kier alpha value is -0.920. The van der Waals surface area contributed by atoms with Crippen molar-refractivity contribution in [1.82, 2.24) is 9.97 Å². The quantitative estimate of drug-likeness (QED) is 0.588. The van der Waals surface area contributed by atoms with Crippen molar-refractivity contribution in [3.63, 3.8) is 0 Å². The van der Waals surface area contributed by atoms with E-state index in [-0.39, 0.29) is 36.2 Å². The lowest BCUT2D eigenvalue weighted by molar-refractivity contribution is -0.185. The molecular weight excluding hydrogens is 344 g/mol. The van der Waals surface area contributed by atoms with Gasteiger partial charge in [-0.1, -0.05) is 0 Å². The van der Waals surface area contributed by atoms with E-state index >= 15 is 0 Å². The summed E-state index contributed by atoms with van der Waals surface area (Å²) in [5.74, 6) is -1.89. The van der Waals surface area contributed by atoms with Gasteiger partial charge in [0.2, 0.25) is 5.82 Å². The first-order valence-electron chi connectivity index (χ1n) is 6.20. The summed E-state index contributed by atoms with van der Waals surface area (Å²) in [6.07, 6.45) is -4.12. The molecule has 0 unspecified atom stereocenters. The van der Waals surface area contributed by atoms with Crippen molar-refractivity contribution in [2.45, 2.75) is 44.9 Å². The van der Waals surface area contributed by atoms with Crippen LogP contribution in [0, 0.1) is 18.7 Å². The Morgan fingerprint density at radius 2 is 1.75 bits per heavy atom. The number of rotatable bonds is 2. The Labute approximate surface area is 121 Å². The first kappa shape index (κ1) is 15.5. The van der Waals surface area contributed by atoms with E-state index in [4.69, 9.17) is 4.74 Å². The summed E-state index contributed by atoms with van der Waals surface area (Å²) in [6.45, 7) is 1.58. The number of hydrogen-bond donors (Lipinski definition) is 0. The Morgan fingerprint density at radius 3 is 2.30 bits per heavy atom. The molecule has 0 spiro atoms. The van der Waals surface area contributed by atoms with Crippen molar-refractivity contribution in [1.29, 1.82) is 0 Å². The van der Waals surface area contributed by atoms with Crippen LogP contribution >= 0.6 is 15.9 Å². The Bertz CT molecular complexity index is 487. The number of hydrogen-bond acceptors (Lipinski definition) is 3. The lowest BCUT2D eigenvalue weighted by Crippen LogP contribution is -2.32. The van der Waals surface area contributed by atoms with Gasteiger partial charge in [-0.25, -0.2) is 4.98 Å². The maximum Gasteiger partial charge on any atom is 0.391 e. The number of aromatic nitrogens is 2. The molecule has 20 heavy (non-hydrogen) atoms. The molecule has 0 amide bonds. The molecule has 1 aromatic heterocycles. The Morgan fingerprint density at radius 1 is 1.15 bits per heavy atom. The minimum absolute atomic E-state index is 0.00101. The zero-order valence-corrected chi connectivity index (χ0v) is 12.3. The van der Waals surface area contributed by atoms with Gasteiger partial charge in [0.25, 0.3) is 5.88 Å². The van der Waals surface area contributed by atoms with E-state index < -0.39 is 24.0 Å². The molecule has 1 saturated carbocycles. The molecule has 0 bridgehead atoms. The molecule has 112 valence electrons. The van der Waals surface area contributed by atoms with Gasteiger partial charge in [-0.3, -0.25) is 0 Å². The third-order valence-corrected chi connectivity index (χ3v) is 3.83. The number of alkyl halides is 3. The van der Waals surface area contributed by atoms with Crippen LogP contribution in [-0.2, 0) is 0 Å². The molecule has 1 aliphatic rings. The van der Waals surface area contributed by atoms with Crippen LogP contribution in [0.4, 0.5) is 17.6 Å². The van der Waals surface area contributed by atoms with E-state index in [0.717, 1.165) is 0 Å². The van der Waals surface area contributed by atoms with Gasteiger partial charge in [-0.2, -0.15) is 22.5 Å². The zero-order chi connectivity index (χ0) is 14.9. The van der Waals surface area contributed by atoms with Crippen LogP contribution in [0.25, 0.3) is 0 Å². The summed E-state index contributed by atoms with van der Waals surface area (Å²) in [4.78, 5) is 7.61. The van der Waals surface area contributed by atoms with Crippen molar-refractivity contribution >= 4 is 15.9 Å². The SMILES string of the molecule is Cc1nc(Br)c(F)c(OC2CCC(C(F)(F)F)CC2)n1. The normalized spacial score (nSPS) is 23.7. The molecule has 0 radical (unpaired) electrons. The van der Waals surface area contributed by atoms with Gasteiger partial charge < -0.3 is 4.74 Å². The maximum absolute atomic E-state index is 13.7. The average Bonchev–Trinajstić information content (AvgIpc) is 2.35. The van der Waals surface area contributed by atoms with Crippen LogP contribution < -0.4 is 4.74 Å². The fourth-order valence-corrected chi connectivity index (χ4v) is 2.67. The highest BCUT2D eigenvalue weighted by Crippen LogP contribution is 2.38. The second-order valence-corrected chi connectivity index (χ2v) is 5.56. The number of ether oxygens (including phenoxy) is 1. The third-order valence-electron chi connectivity index (χ3n) is 3.31. The average molecular weight is 357 g/mol. The Balaban J connectivity index is 2.00. The van der Waals surface area contributed by atoms with E-state index in [2.05, 4.69) is 25.9 Å². The van der Waals surface area contributed by atoms with Crippen LogP contribution in [0.15, 0.2) is 4.60 Å². The first-order chi connectivity index (χ1) is 9.27. The van der Waals surface area contributed by atoms with Crippen LogP contribution in [0.5, 0.6) is 5.88 Å². The Kier molecular flexibility index (Phi) is 4.51. The van der Waals surface area contributed by atoms with Crippen molar-refractivity contribution in [3.05, 3.63) is 16.2 Å². The minimum atomic E-state index is -4.16. The lowest BCUT2D eigenvalue weighted by Gasteiger charge is -2.29. The van der Waals surface area contributed by atoms with E-state index in [1.54, 1.807) is 6.92 Å². The lowest BCUT2D eigenvalue weighted by atomic mass is 9.87. The molecule has 1 fully saturated rings. The van der Waals surface area contributed by atoms with E-state index in [9.17, 15) is 17.6 Å². The van der Waals surface area contributed by atoms with Gasteiger partial charge in [0.15, 0.2) is 0 Å². The monoisotopic (exact) mass is 356 g/mol. The topological polar surface area (TPSA) is 35.0 Å². The second-order valence-electron chi connectivity index (χ2n) is 4.81. The summed E-state index contributed by atoms with van der Waals surface area (Å²) in [5, 5.41) is 0. The third kappa shape index (κ3) is 3.59. The highest BCUT2D eigenvalue weighted by Gasteiger charge is 2.42. The van der Waals surface area contributed by atoms with Gasteiger partial charge in [-0.15, -0.1) is 0 Å². The standard InChI is InChI=1S/C12H13BrF4N2O/c1-6-18-10(13)9(14)11(19-6)20-8-4-2-7(3-5-8)12(15,16)17/h7-8H,2-5H2,1H3. The van der Waals surface area contributed by atoms with Gasteiger partial charge in [0.05, 0.1) is 5.92 Å². The van der Waals surface area contributed by atoms with Crippen molar-refractivity contribution < 1.29 is 22.3 Å². The number of nitrogens with zero attached hydrogens (tertiary/aromatic N) is 2. The molecular formula is C12H13BrF4N2O. The molecule has 0 N–H and O–H groups in total. The zero-order valence-electron chi connectivity index (χ0n) is 10.7. The largest absolute Gasteiger partial charge is 0.472 e. The molecule has 2 rings (SSSR count). The molecule has 1 aromatic rings. The smallest absolute Gasteiger partial charge is 0.391 e. The predicted octanol–water partition coefficient (Wildman–Crippen LogP) is 4.19. The molecule has 1 aliphatic carbocycles. The van der Waals surface area contributed by atoms with Crippen LogP contribution in [0.1, 0.15) is 31.5 Å². The van der Waals surface area contributed by atoms with Crippen molar-refractivity contribution in [2.24, 2.45) is 5.92 Å². The van der Waals surface area contributed by atoms with Crippen LogP contribution in [-0.4, -0.2) is 22.2 Å². The van der Waals surface area contributed by atoms with Gasteiger partial charge in [0.1, 0.15) is 16.5 Å².